The maximum atomic E-state index is 11.1. The second-order valence-electron chi connectivity index (χ2n) is 3.93. The number of aliphatic hydroxyl groups excluding tert-OH is 1. The number of para-hydroxylation sites is 1. The summed E-state index contributed by atoms with van der Waals surface area (Å²) in [6.45, 7) is 4.65. The molecule has 6 heteroatoms. The van der Waals surface area contributed by atoms with E-state index < -0.39 is 11.0 Å². The summed E-state index contributed by atoms with van der Waals surface area (Å²) in [7, 11) is 0. The van der Waals surface area contributed by atoms with Gasteiger partial charge in [0.05, 0.1) is 11.0 Å². The zero-order valence-electron chi connectivity index (χ0n) is 10.6. The zero-order valence-corrected chi connectivity index (χ0v) is 10.6. The highest BCUT2D eigenvalue weighted by atomic mass is 16.6. The Bertz CT molecular complexity index is 410. The summed E-state index contributed by atoms with van der Waals surface area (Å²) in [5.41, 5.74) is 0.923. The molecule has 6 nitrogen and oxygen atoms in total. The average Bonchev–Trinajstić information content (AvgIpc) is 2.36. The van der Waals surface area contributed by atoms with Crippen molar-refractivity contribution in [2.45, 2.75) is 26.4 Å². The van der Waals surface area contributed by atoms with Crippen LogP contribution in [0, 0.1) is 10.1 Å². The van der Waals surface area contributed by atoms with Crippen LogP contribution in [0.2, 0.25) is 0 Å². The molecule has 3 N–H and O–H groups in total. The summed E-state index contributed by atoms with van der Waals surface area (Å²) in [5.74, 6) is 0. The lowest BCUT2D eigenvalue weighted by Crippen LogP contribution is -2.19. The van der Waals surface area contributed by atoms with E-state index in [9.17, 15) is 15.2 Å². The summed E-state index contributed by atoms with van der Waals surface area (Å²) in [5, 5.41) is 26.4. The number of hydrogen-bond donors (Lipinski definition) is 3. The number of nitro groups is 1. The smallest absolute Gasteiger partial charge is 0.315 e. The van der Waals surface area contributed by atoms with E-state index in [4.69, 9.17) is 0 Å². The molecule has 1 aromatic carbocycles. The molecule has 0 aliphatic carbocycles. The van der Waals surface area contributed by atoms with Crippen LogP contribution < -0.4 is 10.6 Å². The molecule has 0 radical (unpaired) electrons. The highest BCUT2D eigenvalue weighted by Gasteiger charge is 2.19. The van der Waals surface area contributed by atoms with Gasteiger partial charge < -0.3 is 15.7 Å². The lowest BCUT2D eigenvalue weighted by Gasteiger charge is -2.13. The fourth-order valence-corrected chi connectivity index (χ4v) is 1.59. The molecule has 0 bridgehead atoms. The molecule has 1 atom stereocenters. The minimum Gasteiger partial charge on any atom is -0.391 e. The number of nitro benzene ring substituents is 1. The summed E-state index contributed by atoms with van der Waals surface area (Å²) in [6.07, 6.45) is 0.0978. The minimum atomic E-state index is -0.507. The van der Waals surface area contributed by atoms with Gasteiger partial charge in [0, 0.05) is 13.1 Å². The molecule has 1 unspecified atom stereocenters. The lowest BCUT2D eigenvalue weighted by atomic mass is 10.2. The first-order valence-corrected chi connectivity index (χ1v) is 6.03. The Morgan fingerprint density at radius 2 is 1.94 bits per heavy atom. The van der Waals surface area contributed by atoms with Crippen LogP contribution in [0.4, 0.5) is 17.1 Å². The molecule has 0 aromatic heterocycles. The number of benzene rings is 1. The van der Waals surface area contributed by atoms with Gasteiger partial charge in [-0.3, -0.25) is 10.1 Å². The van der Waals surface area contributed by atoms with Gasteiger partial charge in [-0.1, -0.05) is 13.0 Å². The molecule has 0 saturated heterocycles. The molecule has 100 valence electrons. The van der Waals surface area contributed by atoms with Gasteiger partial charge in [-0.05, 0) is 25.5 Å². The van der Waals surface area contributed by atoms with Crippen molar-refractivity contribution >= 4 is 17.1 Å². The van der Waals surface area contributed by atoms with E-state index in [0.717, 1.165) is 0 Å². The van der Waals surface area contributed by atoms with Gasteiger partial charge in [0.25, 0.3) is 0 Å². The third-order valence-electron chi connectivity index (χ3n) is 2.59. The summed E-state index contributed by atoms with van der Waals surface area (Å²) >= 11 is 0. The third kappa shape index (κ3) is 3.59. The Morgan fingerprint density at radius 1 is 1.33 bits per heavy atom. The van der Waals surface area contributed by atoms with Crippen molar-refractivity contribution in [1.29, 1.82) is 0 Å². The maximum absolute atomic E-state index is 11.1. The zero-order chi connectivity index (χ0) is 13.5. The van der Waals surface area contributed by atoms with Gasteiger partial charge in [-0.25, -0.2) is 0 Å². The van der Waals surface area contributed by atoms with E-state index in [0.29, 0.717) is 30.9 Å². The van der Waals surface area contributed by atoms with Crippen molar-refractivity contribution in [3.63, 3.8) is 0 Å². The van der Waals surface area contributed by atoms with E-state index in [1.807, 2.05) is 13.8 Å². The highest BCUT2D eigenvalue weighted by Crippen LogP contribution is 2.32. The Balaban J connectivity index is 2.95. The van der Waals surface area contributed by atoms with E-state index >= 15 is 0 Å². The van der Waals surface area contributed by atoms with E-state index in [1.54, 1.807) is 18.2 Å². The molecular formula is C12H19N3O3. The fourth-order valence-electron chi connectivity index (χ4n) is 1.59. The average molecular weight is 253 g/mol. The van der Waals surface area contributed by atoms with Crippen LogP contribution in [-0.2, 0) is 0 Å². The largest absolute Gasteiger partial charge is 0.391 e. The van der Waals surface area contributed by atoms with Crippen LogP contribution in [0.1, 0.15) is 20.3 Å². The van der Waals surface area contributed by atoms with Crippen LogP contribution in [-0.4, -0.2) is 29.2 Å². The SMILES string of the molecule is CCNc1cccc(NCC(O)CC)c1[N+](=O)[O-]. The molecule has 0 amide bonds. The number of rotatable bonds is 7. The normalized spacial score (nSPS) is 11.9. The molecule has 0 heterocycles. The van der Waals surface area contributed by atoms with Gasteiger partial charge in [0.1, 0.15) is 11.4 Å². The predicted octanol–water partition coefficient (Wildman–Crippen LogP) is 2.21. The summed E-state index contributed by atoms with van der Waals surface area (Å²) in [4.78, 5) is 10.7. The Morgan fingerprint density at radius 3 is 2.44 bits per heavy atom. The second kappa shape index (κ2) is 6.80. The van der Waals surface area contributed by atoms with Gasteiger partial charge in [0.2, 0.25) is 0 Å². The van der Waals surface area contributed by atoms with Crippen molar-refractivity contribution < 1.29 is 10.0 Å². The fraction of sp³-hybridized carbons (Fsp3) is 0.500. The van der Waals surface area contributed by atoms with Crippen LogP contribution >= 0.6 is 0 Å². The molecule has 1 aromatic rings. The second-order valence-corrected chi connectivity index (χ2v) is 3.93. The first-order chi connectivity index (χ1) is 8.60. The predicted molar refractivity (Wildman–Crippen MR) is 72.0 cm³/mol. The molecule has 0 fully saturated rings. The molecule has 0 aliphatic heterocycles. The highest BCUT2D eigenvalue weighted by molar-refractivity contribution is 5.76. The molecule has 0 aliphatic rings. The van der Waals surface area contributed by atoms with Crippen LogP contribution in [0.25, 0.3) is 0 Å². The molecule has 18 heavy (non-hydrogen) atoms. The Labute approximate surface area is 106 Å². The van der Waals surface area contributed by atoms with Crippen molar-refractivity contribution in [3.05, 3.63) is 28.3 Å². The number of hydrogen-bond acceptors (Lipinski definition) is 5. The van der Waals surface area contributed by atoms with Crippen molar-refractivity contribution in [1.82, 2.24) is 0 Å². The van der Waals surface area contributed by atoms with Gasteiger partial charge >= 0.3 is 5.69 Å². The Hall–Kier alpha value is -1.82. The summed E-state index contributed by atoms with van der Waals surface area (Å²) in [6, 6.07) is 5.05. The van der Waals surface area contributed by atoms with Crippen LogP contribution in [0.5, 0.6) is 0 Å². The summed E-state index contributed by atoms with van der Waals surface area (Å²) < 4.78 is 0. The Kier molecular flexibility index (Phi) is 5.38. The first-order valence-electron chi connectivity index (χ1n) is 6.03. The molecule has 1 rings (SSSR count). The minimum absolute atomic E-state index is 0.0163. The van der Waals surface area contributed by atoms with Crippen molar-refractivity contribution in [2.24, 2.45) is 0 Å². The van der Waals surface area contributed by atoms with E-state index in [-0.39, 0.29) is 5.69 Å². The quantitative estimate of drug-likeness (QED) is 0.512. The van der Waals surface area contributed by atoms with E-state index in [2.05, 4.69) is 10.6 Å². The monoisotopic (exact) mass is 253 g/mol. The van der Waals surface area contributed by atoms with Crippen molar-refractivity contribution in [2.75, 3.05) is 23.7 Å². The molecule has 0 spiro atoms. The number of anilines is 2. The topological polar surface area (TPSA) is 87.4 Å². The lowest BCUT2D eigenvalue weighted by molar-refractivity contribution is -0.383. The molecule has 0 saturated carbocycles. The standard InChI is InChI=1S/C12H19N3O3/c1-3-9(16)8-14-11-7-5-6-10(13-4-2)12(11)15(17)18/h5-7,9,13-14,16H,3-4,8H2,1-2H3. The third-order valence-corrected chi connectivity index (χ3v) is 2.59. The van der Waals surface area contributed by atoms with Crippen molar-refractivity contribution in [3.8, 4) is 0 Å². The maximum Gasteiger partial charge on any atom is 0.315 e. The number of aliphatic hydroxyl groups is 1. The van der Waals surface area contributed by atoms with Gasteiger partial charge in [-0.2, -0.15) is 0 Å². The van der Waals surface area contributed by atoms with Crippen LogP contribution in [0.3, 0.4) is 0 Å². The van der Waals surface area contributed by atoms with Gasteiger partial charge in [0.15, 0.2) is 0 Å². The van der Waals surface area contributed by atoms with Crippen LogP contribution in [0.15, 0.2) is 18.2 Å². The first kappa shape index (κ1) is 14.2. The number of nitrogens with one attached hydrogen (secondary N) is 2. The number of nitrogens with zero attached hydrogens (tertiary/aromatic N) is 1. The van der Waals surface area contributed by atoms with Gasteiger partial charge in [-0.15, -0.1) is 0 Å². The molecular weight excluding hydrogens is 234 g/mol. The van der Waals surface area contributed by atoms with E-state index in [1.165, 1.54) is 0 Å².